The van der Waals surface area contributed by atoms with E-state index >= 15 is 0 Å². The van der Waals surface area contributed by atoms with Gasteiger partial charge < -0.3 is 9.30 Å². The number of rotatable bonds is 2. The van der Waals surface area contributed by atoms with Crippen LogP contribution in [0.25, 0.3) is 0 Å². The molecule has 10 heavy (non-hydrogen) atoms. The smallest absolute Gasteiger partial charge is 0.123 e. The maximum absolute atomic E-state index is 4.81. The minimum absolute atomic E-state index is 0.583. The standard InChI is InChI=1S/C5H8N2O.C2H6/c1-8-5-7-3-2-6-4-7;1-2/h2-4H,5H2,1H3;1-2H3. The third kappa shape index (κ3) is 3.25. The summed E-state index contributed by atoms with van der Waals surface area (Å²) in [5.74, 6) is 0. The zero-order valence-corrected chi connectivity index (χ0v) is 6.74. The fourth-order valence-corrected chi connectivity index (χ4v) is 0.512. The van der Waals surface area contributed by atoms with Crippen molar-refractivity contribution in [1.82, 2.24) is 9.55 Å². The molecule has 0 atom stereocenters. The monoisotopic (exact) mass is 142 g/mol. The van der Waals surface area contributed by atoms with Crippen molar-refractivity contribution in [1.29, 1.82) is 0 Å². The van der Waals surface area contributed by atoms with Gasteiger partial charge in [0, 0.05) is 19.5 Å². The second-order valence-electron chi connectivity index (χ2n) is 1.49. The van der Waals surface area contributed by atoms with Crippen LogP contribution in [0.4, 0.5) is 0 Å². The van der Waals surface area contributed by atoms with Crippen LogP contribution < -0.4 is 0 Å². The molecule has 0 saturated heterocycles. The number of ether oxygens (including phenoxy) is 1. The van der Waals surface area contributed by atoms with Crippen LogP contribution in [0.5, 0.6) is 0 Å². The molecule has 0 aliphatic heterocycles. The summed E-state index contributed by atoms with van der Waals surface area (Å²) in [6, 6.07) is 0. The molecule has 0 spiro atoms. The fourth-order valence-electron chi connectivity index (χ4n) is 0.512. The normalized spacial score (nSPS) is 8.30. The van der Waals surface area contributed by atoms with Crippen LogP contribution >= 0.6 is 0 Å². The van der Waals surface area contributed by atoms with Crippen LogP contribution in [0.2, 0.25) is 0 Å². The number of hydrogen-bond acceptors (Lipinski definition) is 2. The van der Waals surface area contributed by atoms with Crippen LogP contribution in [-0.2, 0) is 11.5 Å². The second kappa shape index (κ2) is 6.29. The molecule has 0 aliphatic carbocycles. The topological polar surface area (TPSA) is 27.1 Å². The van der Waals surface area contributed by atoms with E-state index in [4.69, 9.17) is 4.74 Å². The predicted octanol–water partition coefficient (Wildman–Crippen LogP) is 1.51. The molecule has 58 valence electrons. The molecule has 0 aromatic carbocycles. The lowest BCUT2D eigenvalue weighted by Crippen LogP contribution is -1.94. The molecule has 3 nitrogen and oxygen atoms in total. The van der Waals surface area contributed by atoms with Crippen LogP contribution in [0.15, 0.2) is 18.7 Å². The van der Waals surface area contributed by atoms with Crippen molar-refractivity contribution < 1.29 is 4.74 Å². The maximum Gasteiger partial charge on any atom is 0.123 e. The molecule has 1 rings (SSSR count). The van der Waals surface area contributed by atoms with Crippen molar-refractivity contribution in [2.24, 2.45) is 0 Å². The lowest BCUT2D eigenvalue weighted by molar-refractivity contribution is 0.131. The molecular weight excluding hydrogens is 128 g/mol. The fraction of sp³-hybridized carbons (Fsp3) is 0.571. The summed E-state index contributed by atoms with van der Waals surface area (Å²) in [5.41, 5.74) is 0. The minimum Gasteiger partial charge on any atom is -0.364 e. The first-order valence-electron chi connectivity index (χ1n) is 3.38. The maximum atomic E-state index is 4.81. The first kappa shape index (κ1) is 9.17. The van der Waals surface area contributed by atoms with Gasteiger partial charge in [0.05, 0.1) is 6.33 Å². The van der Waals surface area contributed by atoms with Crippen molar-refractivity contribution in [2.45, 2.75) is 20.6 Å². The number of hydrogen-bond donors (Lipinski definition) is 0. The number of nitrogens with zero attached hydrogens (tertiary/aromatic N) is 2. The highest BCUT2D eigenvalue weighted by molar-refractivity contribution is 4.71. The van der Waals surface area contributed by atoms with E-state index in [1.54, 1.807) is 19.6 Å². The van der Waals surface area contributed by atoms with Crippen LogP contribution in [0.3, 0.4) is 0 Å². The number of imidazole rings is 1. The average molecular weight is 142 g/mol. The van der Waals surface area contributed by atoms with E-state index in [0.29, 0.717) is 6.73 Å². The summed E-state index contributed by atoms with van der Waals surface area (Å²) < 4.78 is 6.66. The highest BCUT2D eigenvalue weighted by Gasteiger charge is 1.81. The van der Waals surface area contributed by atoms with Crippen molar-refractivity contribution >= 4 is 0 Å². The van der Waals surface area contributed by atoms with Crippen LogP contribution in [-0.4, -0.2) is 16.7 Å². The summed E-state index contributed by atoms with van der Waals surface area (Å²) in [6.45, 7) is 4.58. The van der Waals surface area contributed by atoms with E-state index < -0.39 is 0 Å². The summed E-state index contributed by atoms with van der Waals surface area (Å²) in [4.78, 5) is 3.82. The van der Waals surface area contributed by atoms with E-state index in [0.717, 1.165) is 0 Å². The average Bonchev–Trinajstić information content (AvgIpc) is 2.46. The number of aromatic nitrogens is 2. The Bertz CT molecular complexity index is 137. The predicted molar refractivity (Wildman–Crippen MR) is 40.6 cm³/mol. The Morgan fingerprint density at radius 3 is 2.60 bits per heavy atom. The largest absolute Gasteiger partial charge is 0.364 e. The van der Waals surface area contributed by atoms with Gasteiger partial charge in [-0.1, -0.05) is 13.8 Å². The quantitative estimate of drug-likeness (QED) is 0.626. The van der Waals surface area contributed by atoms with Gasteiger partial charge in [-0.25, -0.2) is 4.98 Å². The van der Waals surface area contributed by atoms with E-state index in [2.05, 4.69) is 4.98 Å². The second-order valence-corrected chi connectivity index (χ2v) is 1.49. The summed E-state index contributed by atoms with van der Waals surface area (Å²) in [7, 11) is 1.65. The number of methoxy groups -OCH3 is 1. The molecule has 0 aliphatic rings. The van der Waals surface area contributed by atoms with Crippen molar-refractivity contribution in [3.05, 3.63) is 18.7 Å². The lowest BCUT2D eigenvalue weighted by Gasteiger charge is -1.95. The molecule has 0 unspecified atom stereocenters. The van der Waals surface area contributed by atoms with Crippen LogP contribution in [0.1, 0.15) is 13.8 Å². The molecule has 1 aromatic heterocycles. The van der Waals surface area contributed by atoms with E-state index in [1.165, 1.54) is 0 Å². The van der Waals surface area contributed by atoms with E-state index in [1.807, 2.05) is 24.6 Å². The van der Waals surface area contributed by atoms with Gasteiger partial charge in [-0.05, 0) is 0 Å². The molecular formula is C7H14N2O. The molecule has 1 aromatic rings. The van der Waals surface area contributed by atoms with Crippen molar-refractivity contribution in [3.63, 3.8) is 0 Å². The first-order chi connectivity index (χ1) is 4.93. The highest BCUT2D eigenvalue weighted by atomic mass is 16.5. The minimum atomic E-state index is 0.583. The molecule has 0 radical (unpaired) electrons. The molecule has 3 heteroatoms. The Morgan fingerprint density at radius 1 is 1.50 bits per heavy atom. The molecule has 0 amide bonds. The molecule has 0 N–H and O–H groups in total. The third-order valence-electron chi connectivity index (χ3n) is 0.837. The SMILES string of the molecule is CC.COCn1ccnc1. The highest BCUT2D eigenvalue weighted by Crippen LogP contribution is 1.83. The Labute approximate surface area is 61.6 Å². The molecule has 0 bridgehead atoms. The lowest BCUT2D eigenvalue weighted by atomic mass is 10.9. The van der Waals surface area contributed by atoms with Gasteiger partial charge >= 0.3 is 0 Å². The molecule has 0 saturated carbocycles. The van der Waals surface area contributed by atoms with E-state index in [9.17, 15) is 0 Å². The van der Waals surface area contributed by atoms with E-state index in [-0.39, 0.29) is 0 Å². The third-order valence-corrected chi connectivity index (χ3v) is 0.837. The zero-order valence-electron chi connectivity index (χ0n) is 6.74. The van der Waals surface area contributed by atoms with Gasteiger partial charge in [-0.3, -0.25) is 0 Å². The molecule has 0 fully saturated rings. The van der Waals surface area contributed by atoms with Gasteiger partial charge in [0.1, 0.15) is 6.73 Å². The first-order valence-corrected chi connectivity index (χ1v) is 3.38. The Kier molecular flexibility index (Phi) is 5.77. The van der Waals surface area contributed by atoms with Gasteiger partial charge in [-0.15, -0.1) is 0 Å². The summed E-state index contributed by atoms with van der Waals surface area (Å²) in [5, 5.41) is 0. The van der Waals surface area contributed by atoms with Crippen molar-refractivity contribution in [3.8, 4) is 0 Å². The Morgan fingerprint density at radius 2 is 2.20 bits per heavy atom. The van der Waals surface area contributed by atoms with Gasteiger partial charge in [-0.2, -0.15) is 0 Å². The Hall–Kier alpha value is -0.830. The summed E-state index contributed by atoms with van der Waals surface area (Å²) in [6.07, 6.45) is 5.28. The molecule has 1 heterocycles. The van der Waals surface area contributed by atoms with Crippen LogP contribution in [0, 0.1) is 0 Å². The summed E-state index contributed by atoms with van der Waals surface area (Å²) >= 11 is 0. The Balaban J connectivity index is 0.000000371. The zero-order chi connectivity index (χ0) is 7.82. The van der Waals surface area contributed by atoms with Gasteiger partial charge in [0.2, 0.25) is 0 Å². The van der Waals surface area contributed by atoms with Crippen molar-refractivity contribution in [2.75, 3.05) is 7.11 Å². The van der Waals surface area contributed by atoms with Gasteiger partial charge in [0.15, 0.2) is 0 Å². The van der Waals surface area contributed by atoms with Gasteiger partial charge in [0.25, 0.3) is 0 Å².